The molecule has 3 N–H and O–H groups in total. The molecular formula is C14H16ClN3O. The standard InChI is InChI=1S/C14H16ClN3O/c15-12-7-9-5-10(16)2-1-8(9)6-11(12)13-3-4-14(19)18-17-13/h6-7,10H,1-5,16H2,(H,18,19). The van der Waals surface area contributed by atoms with Crippen molar-refractivity contribution in [1.82, 2.24) is 5.43 Å². The zero-order valence-corrected chi connectivity index (χ0v) is 11.3. The number of carbonyl (C=O) groups excluding carboxylic acids is 1. The summed E-state index contributed by atoms with van der Waals surface area (Å²) in [4.78, 5) is 11.1. The van der Waals surface area contributed by atoms with E-state index in [-0.39, 0.29) is 11.9 Å². The third-order valence-corrected chi connectivity index (χ3v) is 4.08. The summed E-state index contributed by atoms with van der Waals surface area (Å²) >= 11 is 6.34. The Kier molecular flexibility index (Phi) is 3.29. The van der Waals surface area contributed by atoms with Gasteiger partial charge >= 0.3 is 0 Å². The summed E-state index contributed by atoms with van der Waals surface area (Å²) in [6.45, 7) is 0. The first-order chi connectivity index (χ1) is 9.13. The van der Waals surface area contributed by atoms with E-state index < -0.39 is 0 Å². The normalized spacial score (nSPS) is 22.5. The van der Waals surface area contributed by atoms with Gasteiger partial charge in [0.25, 0.3) is 0 Å². The molecule has 5 heteroatoms. The molecule has 0 saturated carbocycles. The number of amides is 1. The van der Waals surface area contributed by atoms with Crippen LogP contribution in [0.4, 0.5) is 0 Å². The molecular weight excluding hydrogens is 262 g/mol. The van der Waals surface area contributed by atoms with Crippen LogP contribution in [0.15, 0.2) is 17.2 Å². The first-order valence-electron chi connectivity index (χ1n) is 6.56. The number of hydrogen-bond donors (Lipinski definition) is 2. The second kappa shape index (κ2) is 4.94. The van der Waals surface area contributed by atoms with Gasteiger partial charge in [-0.2, -0.15) is 5.10 Å². The SMILES string of the molecule is NC1CCc2cc(C3=NNC(=O)CC3)c(Cl)cc2C1. The van der Waals surface area contributed by atoms with Gasteiger partial charge in [-0.15, -0.1) is 0 Å². The average Bonchev–Trinajstić information content (AvgIpc) is 2.39. The Hall–Kier alpha value is -1.39. The second-order valence-corrected chi connectivity index (χ2v) is 5.60. The third-order valence-electron chi connectivity index (χ3n) is 3.77. The molecule has 1 amide bonds. The van der Waals surface area contributed by atoms with Crippen LogP contribution in [0.25, 0.3) is 0 Å². The Bertz CT molecular complexity index is 568. The Morgan fingerprint density at radius 1 is 1.26 bits per heavy atom. The van der Waals surface area contributed by atoms with Gasteiger partial charge in [-0.3, -0.25) is 4.79 Å². The number of nitrogens with one attached hydrogen (secondary N) is 1. The van der Waals surface area contributed by atoms with E-state index >= 15 is 0 Å². The highest BCUT2D eigenvalue weighted by Crippen LogP contribution is 2.29. The quantitative estimate of drug-likeness (QED) is 0.821. The number of carbonyl (C=O) groups is 1. The maximum absolute atomic E-state index is 11.1. The van der Waals surface area contributed by atoms with Crippen LogP contribution < -0.4 is 11.2 Å². The molecule has 1 unspecified atom stereocenters. The van der Waals surface area contributed by atoms with Gasteiger partial charge in [0.1, 0.15) is 0 Å². The van der Waals surface area contributed by atoms with Crippen molar-refractivity contribution in [1.29, 1.82) is 0 Å². The van der Waals surface area contributed by atoms with Crippen LogP contribution in [0.3, 0.4) is 0 Å². The van der Waals surface area contributed by atoms with Crippen LogP contribution in [0.2, 0.25) is 5.02 Å². The maximum atomic E-state index is 11.1. The predicted molar refractivity (Wildman–Crippen MR) is 75.4 cm³/mol. The van der Waals surface area contributed by atoms with Gasteiger partial charge < -0.3 is 5.73 Å². The fourth-order valence-electron chi connectivity index (χ4n) is 2.70. The van der Waals surface area contributed by atoms with Crippen molar-refractivity contribution < 1.29 is 4.79 Å². The van der Waals surface area contributed by atoms with Gasteiger partial charge in [-0.25, -0.2) is 5.43 Å². The molecule has 1 aliphatic heterocycles. The van der Waals surface area contributed by atoms with Gasteiger partial charge in [-0.05, 0) is 42.5 Å². The highest BCUT2D eigenvalue weighted by atomic mass is 35.5. The zero-order chi connectivity index (χ0) is 13.4. The molecule has 1 atom stereocenters. The lowest BCUT2D eigenvalue weighted by molar-refractivity contribution is -0.121. The summed E-state index contributed by atoms with van der Waals surface area (Å²) < 4.78 is 0. The Labute approximate surface area is 117 Å². The van der Waals surface area contributed by atoms with Crippen LogP contribution in [-0.2, 0) is 17.6 Å². The molecule has 0 spiro atoms. The van der Waals surface area contributed by atoms with Crippen LogP contribution in [0.5, 0.6) is 0 Å². The number of nitrogens with two attached hydrogens (primary N) is 1. The smallest absolute Gasteiger partial charge is 0.240 e. The van der Waals surface area contributed by atoms with Crippen molar-refractivity contribution >= 4 is 23.2 Å². The highest BCUT2D eigenvalue weighted by Gasteiger charge is 2.21. The van der Waals surface area contributed by atoms with Gasteiger partial charge in [0, 0.05) is 29.5 Å². The highest BCUT2D eigenvalue weighted by molar-refractivity contribution is 6.34. The summed E-state index contributed by atoms with van der Waals surface area (Å²) in [6, 6.07) is 4.35. The fraction of sp³-hybridized carbons (Fsp3) is 0.429. The van der Waals surface area contributed by atoms with Gasteiger partial charge in [0.2, 0.25) is 5.91 Å². The van der Waals surface area contributed by atoms with E-state index in [9.17, 15) is 4.79 Å². The number of hydrazone groups is 1. The van der Waals surface area contributed by atoms with Crippen molar-refractivity contribution in [3.63, 3.8) is 0 Å². The Balaban J connectivity index is 1.97. The van der Waals surface area contributed by atoms with Gasteiger partial charge in [0.05, 0.1) is 5.71 Å². The lowest BCUT2D eigenvalue weighted by Crippen LogP contribution is -2.29. The minimum atomic E-state index is -0.0381. The van der Waals surface area contributed by atoms with Gasteiger partial charge in [-0.1, -0.05) is 11.6 Å². The predicted octanol–water partition coefficient (Wildman–Crippen LogP) is 1.77. The van der Waals surface area contributed by atoms with Crippen molar-refractivity contribution in [2.45, 2.75) is 38.1 Å². The molecule has 0 fully saturated rings. The zero-order valence-electron chi connectivity index (χ0n) is 10.6. The molecule has 3 rings (SSSR count). The molecule has 1 heterocycles. The van der Waals surface area contributed by atoms with E-state index in [4.69, 9.17) is 17.3 Å². The molecule has 1 aromatic rings. The van der Waals surface area contributed by atoms with E-state index in [1.165, 1.54) is 11.1 Å². The summed E-state index contributed by atoms with van der Waals surface area (Å²) in [5, 5.41) is 4.81. The number of aryl methyl sites for hydroxylation is 1. The minimum absolute atomic E-state index is 0.0381. The van der Waals surface area contributed by atoms with Crippen LogP contribution in [0, 0.1) is 0 Å². The van der Waals surface area contributed by atoms with Crippen LogP contribution in [0.1, 0.15) is 36.0 Å². The topological polar surface area (TPSA) is 67.5 Å². The van der Waals surface area contributed by atoms with Crippen molar-refractivity contribution in [2.75, 3.05) is 0 Å². The van der Waals surface area contributed by atoms with E-state index in [0.717, 1.165) is 30.5 Å². The minimum Gasteiger partial charge on any atom is -0.327 e. The fourth-order valence-corrected chi connectivity index (χ4v) is 2.99. The summed E-state index contributed by atoms with van der Waals surface area (Å²) in [7, 11) is 0. The molecule has 100 valence electrons. The molecule has 1 aromatic carbocycles. The van der Waals surface area contributed by atoms with E-state index in [0.29, 0.717) is 17.9 Å². The Morgan fingerprint density at radius 3 is 2.84 bits per heavy atom. The number of nitrogens with zero attached hydrogens (tertiary/aromatic N) is 1. The number of fused-ring (bicyclic) bond motifs is 1. The largest absolute Gasteiger partial charge is 0.327 e. The van der Waals surface area contributed by atoms with Crippen molar-refractivity contribution in [3.05, 3.63) is 33.8 Å². The second-order valence-electron chi connectivity index (χ2n) is 5.20. The first kappa shape index (κ1) is 12.6. The van der Waals surface area contributed by atoms with E-state index in [1.807, 2.05) is 6.07 Å². The molecule has 19 heavy (non-hydrogen) atoms. The van der Waals surface area contributed by atoms with Gasteiger partial charge in [0.15, 0.2) is 0 Å². The summed E-state index contributed by atoms with van der Waals surface area (Å²) in [5.74, 6) is -0.0381. The first-order valence-corrected chi connectivity index (χ1v) is 6.94. The number of benzene rings is 1. The number of hydrogen-bond acceptors (Lipinski definition) is 3. The van der Waals surface area contributed by atoms with E-state index in [2.05, 4.69) is 16.6 Å². The maximum Gasteiger partial charge on any atom is 0.240 e. The molecule has 0 radical (unpaired) electrons. The number of rotatable bonds is 1. The number of halogens is 1. The molecule has 0 saturated heterocycles. The monoisotopic (exact) mass is 277 g/mol. The average molecular weight is 278 g/mol. The Morgan fingerprint density at radius 2 is 2.11 bits per heavy atom. The van der Waals surface area contributed by atoms with Crippen molar-refractivity contribution in [3.8, 4) is 0 Å². The molecule has 1 aliphatic carbocycles. The molecule has 0 bridgehead atoms. The van der Waals surface area contributed by atoms with Crippen molar-refractivity contribution in [2.24, 2.45) is 10.8 Å². The van der Waals surface area contributed by atoms with Crippen LogP contribution >= 0.6 is 11.6 Å². The summed E-state index contributed by atoms with van der Waals surface area (Å²) in [5.41, 5.74) is 12.9. The molecule has 4 nitrogen and oxygen atoms in total. The molecule has 2 aliphatic rings. The third kappa shape index (κ3) is 2.51. The summed E-state index contributed by atoms with van der Waals surface area (Å²) in [6.07, 6.45) is 4.00. The molecule has 0 aromatic heterocycles. The van der Waals surface area contributed by atoms with Crippen LogP contribution in [-0.4, -0.2) is 17.7 Å². The lowest BCUT2D eigenvalue weighted by atomic mass is 9.86. The van der Waals surface area contributed by atoms with E-state index in [1.54, 1.807) is 0 Å². The lowest BCUT2D eigenvalue weighted by Gasteiger charge is -2.23.